The van der Waals surface area contributed by atoms with Gasteiger partial charge in [-0.2, -0.15) is 0 Å². The van der Waals surface area contributed by atoms with Crippen LogP contribution in [0.15, 0.2) is 46.9 Å². The Balaban J connectivity index is 2.35. The van der Waals surface area contributed by atoms with Crippen molar-refractivity contribution in [3.8, 4) is 0 Å². The molecular weight excluding hydrogens is 290 g/mol. The molecule has 0 amide bonds. The number of rotatable bonds is 2. The minimum Gasteiger partial charge on any atom is -0.289 e. The Morgan fingerprint density at radius 1 is 1.11 bits per heavy atom. The fourth-order valence-electron chi connectivity index (χ4n) is 1.64. The second kappa shape index (κ2) is 5.16. The topological polar surface area (TPSA) is 21.4 Å². The molecule has 0 saturated heterocycles. The highest BCUT2D eigenvalue weighted by Crippen LogP contribution is 2.20. The number of carbonyl (C=O) groups excluding carboxylic acids is 1. The zero-order valence-electron chi connectivity index (χ0n) is 9.77. The largest absolute Gasteiger partial charge is 0.289 e. The molecule has 2 nitrogen and oxygen atoms in total. The maximum atomic E-state index is 12.2. The zero-order valence-corrected chi connectivity index (χ0v) is 11.4. The SMILES string of the molecule is [C-]#[N+]c1ccc(C(=O)c2ccc(Br)c(C)c2)cc1. The van der Waals surface area contributed by atoms with Crippen LogP contribution in [0.5, 0.6) is 0 Å². The highest BCUT2D eigenvalue weighted by Gasteiger charge is 2.09. The Hall–Kier alpha value is -1.92. The van der Waals surface area contributed by atoms with Crippen molar-refractivity contribution < 1.29 is 4.79 Å². The molecule has 0 aromatic heterocycles. The first-order chi connectivity index (χ1) is 8.61. The van der Waals surface area contributed by atoms with Crippen LogP contribution < -0.4 is 0 Å². The summed E-state index contributed by atoms with van der Waals surface area (Å²) in [5, 5.41) is 0. The average Bonchev–Trinajstić information content (AvgIpc) is 2.41. The smallest absolute Gasteiger partial charge is 0.192 e. The van der Waals surface area contributed by atoms with Gasteiger partial charge in [0.05, 0.1) is 6.57 Å². The normalized spacial score (nSPS) is 9.83. The lowest BCUT2D eigenvalue weighted by Gasteiger charge is -2.04. The molecule has 0 spiro atoms. The molecule has 2 aromatic carbocycles. The minimum absolute atomic E-state index is 0.0258. The first-order valence-corrected chi connectivity index (χ1v) is 6.19. The molecule has 2 aromatic rings. The van der Waals surface area contributed by atoms with Gasteiger partial charge in [0.2, 0.25) is 0 Å². The highest BCUT2D eigenvalue weighted by molar-refractivity contribution is 9.10. The number of hydrogen-bond acceptors (Lipinski definition) is 1. The summed E-state index contributed by atoms with van der Waals surface area (Å²) in [4.78, 5) is 15.5. The number of hydrogen-bond donors (Lipinski definition) is 0. The second-order valence-electron chi connectivity index (χ2n) is 3.95. The maximum absolute atomic E-state index is 12.2. The van der Waals surface area contributed by atoms with Crippen molar-refractivity contribution in [1.29, 1.82) is 0 Å². The van der Waals surface area contributed by atoms with E-state index in [0.29, 0.717) is 16.8 Å². The molecule has 88 valence electrons. The summed E-state index contributed by atoms with van der Waals surface area (Å²) in [6, 6.07) is 12.2. The van der Waals surface area contributed by atoms with Gasteiger partial charge in [0.15, 0.2) is 11.5 Å². The van der Waals surface area contributed by atoms with E-state index in [1.54, 1.807) is 30.3 Å². The van der Waals surface area contributed by atoms with E-state index in [1.165, 1.54) is 0 Å². The summed E-state index contributed by atoms with van der Waals surface area (Å²) < 4.78 is 0.988. The molecule has 0 heterocycles. The molecule has 0 fully saturated rings. The third-order valence-electron chi connectivity index (χ3n) is 2.68. The number of ketones is 1. The fourth-order valence-corrected chi connectivity index (χ4v) is 1.89. The lowest BCUT2D eigenvalue weighted by molar-refractivity contribution is 0.103. The van der Waals surface area contributed by atoms with Crippen molar-refractivity contribution in [2.75, 3.05) is 0 Å². The Bertz CT molecular complexity index is 639. The summed E-state index contributed by atoms with van der Waals surface area (Å²) in [5.74, 6) is -0.0258. The zero-order chi connectivity index (χ0) is 13.1. The molecular formula is C15H10BrNO. The van der Waals surface area contributed by atoms with Crippen molar-refractivity contribution in [3.63, 3.8) is 0 Å². The van der Waals surface area contributed by atoms with E-state index in [4.69, 9.17) is 6.57 Å². The predicted molar refractivity (Wildman–Crippen MR) is 75.0 cm³/mol. The monoisotopic (exact) mass is 299 g/mol. The van der Waals surface area contributed by atoms with Crippen molar-refractivity contribution >= 4 is 27.4 Å². The van der Waals surface area contributed by atoms with Crippen LogP contribution in [0.2, 0.25) is 0 Å². The summed E-state index contributed by atoms with van der Waals surface area (Å²) in [6.07, 6.45) is 0. The van der Waals surface area contributed by atoms with E-state index in [-0.39, 0.29) is 5.78 Å². The van der Waals surface area contributed by atoms with E-state index in [0.717, 1.165) is 10.0 Å². The number of nitrogens with zero attached hydrogens (tertiary/aromatic N) is 1. The van der Waals surface area contributed by atoms with Crippen molar-refractivity contribution in [3.05, 3.63) is 75.0 Å². The first-order valence-electron chi connectivity index (χ1n) is 5.40. The van der Waals surface area contributed by atoms with Gasteiger partial charge in [0.25, 0.3) is 0 Å². The molecule has 0 aliphatic rings. The Morgan fingerprint density at radius 2 is 1.72 bits per heavy atom. The van der Waals surface area contributed by atoms with Gasteiger partial charge in [0.1, 0.15) is 0 Å². The maximum Gasteiger partial charge on any atom is 0.192 e. The number of benzene rings is 2. The Kier molecular flexibility index (Phi) is 3.59. The summed E-state index contributed by atoms with van der Waals surface area (Å²) >= 11 is 3.41. The first kappa shape index (κ1) is 12.5. The standard InChI is InChI=1S/C15H10BrNO/c1-10-9-12(5-8-14(10)16)15(18)11-3-6-13(17-2)7-4-11/h3-9H,1H3. The van der Waals surface area contributed by atoms with Crippen molar-refractivity contribution in [1.82, 2.24) is 0 Å². The molecule has 0 atom stereocenters. The van der Waals surface area contributed by atoms with Crippen LogP contribution >= 0.6 is 15.9 Å². The second-order valence-corrected chi connectivity index (χ2v) is 4.81. The third-order valence-corrected chi connectivity index (χ3v) is 3.57. The van der Waals surface area contributed by atoms with Crippen LogP contribution in [0.25, 0.3) is 4.85 Å². The minimum atomic E-state index is -0.0258. The predicted octanol–water partition coefficient (Wildman–Crippen LogP) is 4.54. The third kappa shape index (κ3) is 2.49. The van der Waals surface area contributed by atoms with Crippen LogP contribution in [0.1, 0.15) is 21.5 Å². The number of carbonyl (C=O) groups is 1. The molecule has 0 unspecified atom stereocenters. The van der Waals surface area contributed by atoms with Gasteiger partial charge in [-0.05, 0) is 30.7 Å². The summed E-state index contributed by atoms with van der Waals surface area (Å²) in [6.45, 7) is 8.82. The van der Waals surface area contributed by atoms with E-state index in [2.05, 4.69) is 20.8 Å². The Labute approximate surface area is 114 Å². The van der Waals surface area contributed by atoms with Gasteiger partial charge in [-0.25, -0.2) is 4.85 Å². The Morgan fingerprint density at radius 3 is 2.28 bits per heavy atom. The molecule has 0 saturated carbocycles. The van der Waals surface area contributed by atoms with Gasteiger partial charge in [0, 0.05) is 15.6 Å². The number of aryl methyl sites for hydroxylation is 1. The van der Waals surface area contributed by atoms with Crippen LogP contribution in [0.3, 0.4) is 0 Å². The highest BCUT2D eigenvalue weighted by atomic mass is 79.9. The number of halogens is 1. The van der Waals surface area contributed by atoms with Gasteiger partial charge in [-0.1, -0.05) is 40.2 Å². The van der Waals surface area contributed by atoms with Gasteiger partial charge in [-0.3, -0.25) is 4.79 Å². The molecule has 0 bridgehead atoms. The van der Waals surface area contributed by atoms with E-state index in [1.807, 2.05) is 19.1 Å². The molecule has 0 N–H and O–H groups in total. The lowest BCUT2D eigenvalue weighted by atomic mass is 10.0. The molecule has 18 heavy (non-hydrogen) atoms. The van der Waals surface area contributed by atoms with Crippen LogP contribution in [-0.4, -0.2) is 5.78 Å². The van der Waals surface area contributed by atoms with E-state index >= 15 is 0 Å². The average molecular weight is 300 g/mol. The van der Waals surface area contributed by atoms with Gasteiger partial charge in [-0.15, -0.1) is 0 Å². The molecule has 3 heteroatoms. The van der Waals surface area contributed by atoms with Crippen LogP contribution in [0.4, 0.5) is 5.69 Å². The quantitative estimate of drug-likeness (QED) is 0.589. The molecule has 2 rings (SSSR count). The molecule has 0 aliphatic carbocycles. The van der Waals surface area contributed by atoms with Gasteiger partial charge < -0.3 is 0 Å². The summed E-state index contributed by atoms with van der Waals surface area (Å²) in [5.41, 5.74) is 2.83. The molecule has 0 aliphatic heterocycles. The lowest BCUT2D eigenvalue weighted by Crippen LogP contribution is -2.01. The van der Waals surface area contributed by atoms with E-state index in [9.17, 15) is 4.79 Å². The van der Waals surface area contributed by atoms with E-state index < -0.39 is 0 Å². The van der Waals surface area contributed by atoms with Crippen LogP contribution in [-0.2, 0) is 0 Å². The van der Waals surface area contributed by atoms with Crippen LogP contribution in [0, 0.1) is 13.5 Å². The summed E-state index contributed by atoms with van der Waals surface area (Å²) in [7, 11) is 0. The van der Waals surface area contributed by atoms with Crippen molar-refractivity contribution in [2.24, 2.45) is 0 Å². The van der Waals surface area contributed by atoms with Crippen molar-refractivity contribution in [2.45, 2.75) is 6.92 Å². The van der Waals surface area contributed by atoms with Gasteiger partial charge >= 0.3 is 0 Å². The molecule has 0 radical (unpaired) electrons. The fraction of sp³-hybridized carbons (Fsp3) is 0.0667.